The Morgan fingerprint density at radius 1 is 1.06 bits per heavy atom. The van der Waals surface area contributed by atoms with Crippen LogP contribution in [0.5, 0.6) is 11.5 Å². The molecule has 3 rings (SSSR count). The molecule has 2 saturated heterocycles. The smallest absolute Gasteiger partial charge is 0.237 e. The topological polar surface area (TPSA) is 80.3 Å². The highest BCUT2D eigenvalue weighted by molar-refractivity contribution is 5.80. The second-order valence-electron chi connectivity index (χ2n) is 8.54. The number of hydrogen-bond acceptors (Lipinski definition) is 6. The maximum atomic E-state index is 13.2. The van der Waals surface area contributed by atoms with Gasteiger partial charge in [-0.05, 0) is 63.4 Å². The minimum absolute atomic E-state index is 0.00275. The van der Waals surface area contributed by atoms with Crippen LogP contribution in [0.1, 0.15) is 43.7 Å². The van der Waals surface area contributed by atoms with Crippen LogP contribution in [0.4, 0.5) is 0 Å². The van der Waals surface area contributed by atoms with Gasteiger partial charge in [0.15, 0.2) is 0 Å². The Balaban J connectivity index is 1.52. The molecule has 1 N–H and O–H groups in total. The van der Waals surface area contributed by atoms with Gasteiger partial charge in [0.05, 0.1) is 26.8 Å². The number of nitrogens with zero attached hydrogens (tertiary/aromatic N) is 2. The summed E-state index contributed by atoms with van der Waals surface area (Å²) in [4.78, 5) is 29.7. The molecule has 2 aliphatic rings. The van der Waals surface area contributed by atoms with Crippen LogP contribution in [0.3, 0.4) is 0 Å². The highest BCUT2D eigenvalue weighted by Gasteiger charge is 2.34. The summed E-state index contributed by atoms with van der Waals surface area (Å²) >= 11 is 0. The first-order valence-corrected chi connectivity index (χ1v) is 11.6. The van der Waals surface area contributed by atoms with Crippen molar-refractivity contribution in [3.8, 4) is 11.5 Å². The van der Waals surface area contributed by atoms with Crippen molar-refractivity contribution in [3.05, 3.63) is 23.8 Å². The Labute approximate surface area is 191 Å². The number of methoxy groups -OCH3 is 3. The lowest BCUT2D eigenvalue weighted by atomic mass is 9.96. The number of hydrogen-bond donors (Lipinski definition) is 1. The first kappa shape index (κ1) is 24.3. The molecule has 0 bridgehead atoms. The second-order valence-corrected chi connectivity index (χ2v) is 8.54. The summed E-state index contributed by atoms with van der Waals surface area (Å²) in [5.41, 5.74) is 1.00. The third-order valence-corrected chi connectivity index (χ3v) is 6.51. The number of benzene rings is 1. The Morgan fingerprint density at radius 3 is 2.53 bits per heavy atom. The third kappa shape index (κ3) is 6.13. The predicted octanol–water partition coefficient (Wildman–Crippen LogP) is 2.23. The molecule has 1 unspecified atom stereocenters. The normalized spacial score (nSPS) is 19.7. The van der Waals surface area contributed by atoms with Gasteiger partial charge in [0.25, 0.3) is 0 Å². The van der Waals surface area contributed by atoms with Gasteiger partial charge in [-0.15, -0.1) is 0 Å². The van der Waals surface area contributed by atoms with Gasteiger partial charge in [0, 0.05) is 38.3 Å². The zero-order chi connectivity index (χ0) is 22.9. The second kappa shape index (κ2) is 12.1. The summed E-state index contributed by atoms with van der Waals surface area (Å²) < 4.78 is 16.0. The van der Waals surface area contributed by atoms with E-state index in [9.17, 15) is 9.59 Å². The fourth-order valence-electron chi connectivity index (χ4n) is 4.70. The Hall–Kier alpha value is -2.32. The number of nitrogens with one attached hydrogen (secondary N) is 1. The van der Waals surface area contributed by atoms with E-state index in [1.165, 1.54) is 0 Å². The molecular formula is C24H37N3O5. The van der Waals surface area contributed by atoms with Gasteiger partial charge in [-0.2, -0.15) is 0 Å². The summed E-state index contributed by atoms with van der Waals surface area (Å²) in [6.45, 7) is 3.98. The third-order valence-electron chi connectivity index (χ3n) is 6.51. The van der Waals surface area contributed by atoms with Gasteiger partial charge in [-0.25, -0.2) is 0 Å². The molecule has 0 aliphatic carbocycles. The molecule has 0 aromatic heterocycles. The van der Waals surface area contributed by atoms with E-state index >= 15 is 0 Å². The monoisotopic (exact) mass is 447 g/mol. The zero-order valence-corrected chi connectivity index (χ0v) is 19.6. The van der Waals surface area contributed by atoms with E-state index in [0.29, 0.717) is 19.7 Å². The van der Waals surface area contributed by atoms with Crippen molar-refractivity contribution >= 4 is 11.8 Å². The summed E-state index contributed by atoms with van der Waals surface area (Å²) in [6, 6.07) is 5.76. The maximum Gasteiger partial charge on any atom is 0.237 e. The lowest BCUT2D eigenvalue weighted by Crippen LogP contribution is -2.45. The van der Waals surface area contributed by atoms with E-state index in [2.05, 4.69) is 10.2 Å². The molecular weight excluding hydrogens is 410 g/mol. The number of carbonyl (C=O) groups excluding carboxylic acids is 2. The van der Waals surface area contributed by atoms with Crippen LogP contribution in [0.15, 0.2) is 18.2 Å². The number of likely N-dealkylation sites (tertiary alicyclic amines) is 2. The molecule has 8 heteroatoms. The van der Waals surface area contributed by atoms with Crippen molar-refractivity contribution in [1.29, 1.82) is 0 Å². The molecule has 0 radical (unpaired) electrons. The minimum Gasteiger partial charge on any atom is -0.497 e. The van der Waals surface area contributed by atoms with E-state index < -0.39 is 0 Å². The van der Waals surface area contributed by atoms with Crippen LogP contribution in [0, 0.1) is 5.92 Å². The van der Waals surface area contributed by atoms with Gasteiger partial charge < -0.3 is 24.4 Å². The molecule has 1 aromatic carbocycles. The highest BCUT2D eigenvalue weighted by Crippen LogP contribution is 2.39. The summed E-state index contributed by atoms with van der Waals surface area (Å²) in [5.74, 6) is 1.84. The van der Waals surface area contributed by atoms with Crippen LogP contribution in [-0.4, -0.2) is 82.3 Å². The van der Waals surface area contributed by atoms with Crippen molar-refractivity contribution in [2.24, 2.45) is 5.92 Å². The van der Waals surface area contributed by atoms with Crippen LogP contribution < -0.4 is 14.8 Å². The van der Waals surface area contributed by atoms with E-state index in [1.54, 1.807) is 21.3 Å². The molecule has 8 nitrogen and oxygen atoms in total. The largest absolute Gasteiger partial charge is 0.497 e. The van der Waals surface area contributed by atoms with Gasteiger partial charge in [-0.1, -0.05) is 0 Å². The SMILES string of the molecule is COCCCNC(=O)C1CCN(CC(=O)N2CCCC2c2cc(OC)ccc2OC)CC1. The number of piperidine rings is 1. The van der Waals surface area contributed by atoms with E-state index in [1.807, 2.05) is 23.1 Å². The van der Waals surface area contributed by atoms with Crippen molar-refractivity contribution < 1.29 is 23.8 Å². The van der Waals surface area contributed by atoms with Gasteiger partial charge >= 0.3 is 0 Å². The summed E-state index contributed by atoms with van der Waals surface area (Å²) in [7, 11) is 4.97. The van der Waals surface area contributed by atoms with Crippen LogP contribution in [-0.2, 0) is 14.3 Å². The molecule has 2 heterocycles. The molecule has 2 amide bonds. The van der Waals surface area contributed by atoms with Crippen molar-refractivity contribution in [3.63, 3.8) is 0 Å². The van der Waals surface area contributed by atoms with Gasteiger partial charge in [0.2, 0.25) is 11.8 Å². The number of amides is 2. The fraction of sp³-hybridized carbons (Fsp3) is 0.667. The molecule has 2 fully saturated rings. The zero-order valence-electron chi connectivity index (χ0n) is 19.6. The van der Waals surface area contributed by atoms with E-state index in [4.69, 9.17) is 14.2 Å². The average molecular weight is 448 g/mol. The Morgan fingerprint density at radius 2 is 1.84 bits per heavy atom. The molecule has 1 aromatic rings. The van der Waals surface area contributed by atoms with Crippen molar-refractivity contribution in [2.75, 3.05) is 60.7 Å². The van der Waals surface area contributed by atoms with Crippen LogP contribution in [0.2, 0.25) is 0 Å². The summed E-state index contributed by atoms with van der Waals surface area (Å²) in [5, 5.41) is 3.00. The molecule has 178 valence electrons. The lowest BCUT2D eigenvalue weighted by molar-refractivity contribution is -0.134. The maximum absolute atomic E-state index is 13.2. The van der Waals surface area contributed by atoms with Crippen LogP contribution in [0.25, 0.3) is 0 Å². The lowest BCUT2D eigenvalue weighted by Gasteiger charge is -2.33. The molecule has 1 atom stereocenters. The molecule has 32 heavy (non-hydrogen) atoms. The number of ether oxygens (including phenoxy) is 3. The van der Waals surface area contributed by atoms with Crippen molar-refractivity contribution in [1.82, 2.24) is 15.1 Å². The highest BCUT2D eigenvalue weighted by atomic mass is 16.5. The quantitative estimate of drug-likeness (QED) is 0.554. The molecule has 2 aliphatic heterocycles. The first-order valence-electron chi connectivity index (χ1n) is 11.6. The van der Waals surface area contributed by atoms with Crippen LogP contribution >= 0.6 is 0 Å². The van der Waals surface area contributed by atoms with Gasteiger partial charge in [-0.3, -0.25) is 14.5 Å². The number of rotatable bonds is 10. The fourth-order valence-corrected chi connectivity index (χ4v) is 4.70. The Bertz CT molecular complexity index is 764. The average Bonchev–Trinajstić information content (AvgIpc) is 3.31. The molecule has 0 saturated carbocycles. The predicted molar refractivity (Wildman–Crippen MR) is 122 cm³/mol. The minimum atomic E-state index is 0.00275. The van der Waals surface area contributed by atoms with Gasteiger partial charge in [0.1, 0.15) is 11.5 Å². The first-order chi connectivity index (χ1) is 15.6. The van der Waals surface area contributed by atoms with E-state index in [-0.39, 0.29) is 23.8 Å². The summed E-state index contributed by atoms with van der Waals surface area (Å²) in [6.07, 6.45) is 4.29. The standard InChI is InChI=1S/C24H37N3O5/c1-30-15-5-11-25-24(29)18-9-13-26(14-10-18)17-23(28)27-12-4-6-21(27)20-16-19(31-2)7-8-22(20)32-3/h7-8,16,18,21H,4-6,9-15,17H2,1-3H3,(H,25,29). The van der Waals surface area contributed by atoms with E-state index in [0.717, 1.165) is 68.8 Å². The Kier molecular flexibility index (Phi) is 9.17. The van der Waals surface area contributed by atoms with Crippen molar-refractivity contribution in [2.45, 2.75) is 38.1 Å². The molecule has 0 spiro atoms. The number of carbonyl (C=O) groups is 2.